The number of hydrogen-bond acceptors (Lipinski definition) is 4. The Labute approximate surface area is 171 Å². The van der Waals surface area contributed by atoms with Crippen LogP contribution in [0.25, 0.3) is 6.08 Å². The second-order valence-electron chi connectivity index (χ2n) is 7.54. The van der Waals surface area contributed by atoms with E-state index in [-0.39, 0.29) is 30.8 Å². The normalized spacial score (nSPS) is 18.1. The number of rotatable bonds is 6. The van der Waals surface area contributed by atoms with Crippen molar-refractivity contribution in [1.82, 2.24) is 20.4 Å². The SMILES string of the molecule is O=C(/C=C/c1ccco1)NCCC(=O)N1CCN(C(=O)NC2CCCCC2)CC1. The van der Waals surface area contributed by atoms with Crippen LogP contribution in [0.3, 0.4) is 0 Å². The summed E-state index contributed by atoms with van der Waals surface area (Å²) >= 11 is 0. The molecule has 1 saturated carbocycles. The van der Waals surface area contributed by atoms with Crippen LogP contribution in [0.4, 0.5) is 4.79 Å². The summed E-state index contributed by atoms with van der Waals surface area (Å²) in [5.41, 5.74) is 0. The fourth-order valence-electron chi connectivity index (χ4n) is 3.73. The van der Waals surface area contributed by atoms with Gasteiger partial charge in [0.1, 0.15) is 5.76 Å². The average Bonchev–Trinajstić information content (AvgIpc) is 3.27. The molecule has 0 radical (unpaired) electrons. The average molecular weight is 402 g/mol. The van der Waals surface area contributed by atoms with E-state index < -0.39 is 0 Å². The van der Waals surface area contributed by atoms with Gasteiger partial charge in [0.15, 0.2) is 0 Å². The van der Waals surface area contributed by atoms with Crippen LogP contribution in [-0.4, -0.2) is 66.4 Å². The van der Waals surface area contributed by atoms with Crippen LogP contribution >= 0.6 is 0 Å². The first-order chi connectivity index (χ1) is 14.1. The number of nitrogens with zero attached hydrogens (tertiary/aromatic N) is 2. The molecule has 2 fully saturated rings. The molecule has 29 heavy (non-hydrogen) atoms. The predicted octanol–water partition coefficient (Wildman–Crippen LogP) is 1.99. The Kier molecular flexibility index (Phi) is 7.72. The van der Waals surface area contributed by atoms with Crippen molar-refractivity contribution in [2.45, 2.75) is 44.6 Å². The van der Waals surface area contributed by atoms with Gasteiger partial charge in [-0.1, -0.05) is 19.3 Å². The fraction of sp³-hybridized carbons (Fsp3) is 0.571. The summed E-state index contributed by atoms with van der Waals surface area (Å²) in [5, 5.41) is 5.82. The molecule has 8 heteroatoms. The number of carbonyl (C=O) groups excluding carboxylic acids is 3. The predicted molar refractivity (Wildman–Crippen MR) is 109 cm³/mol. The molecule has 2 N–H and O–H groups in total. The molecule has 0 aromatic carbocycles. The van der Waals surface area contributed by atoms with Crippen molar-refractivity contribution in [1.29, 1.82) is 0 Å². The molecule has 8 nitrogen and oxygen atoms in total. The highest BCUT2D eigenvalue weighted by atomic mass is 16.3. The number of amides is 4. The number of nitrogens with one attached hydrogen (secondary N) is 2. The second kappa shape index (κ2) is 10.7. The van der Waals surface area contributed by atoms with E-state index in [1.165, 1.54) is 31.6 Å². The third kappa shape index (κ3) is 6.66. The van der Waals surface area contributed by atoms with E-state index in [1.807, 2.05) is 0 Å². The Balaban J connectivity index is 1.31. The Morgan fingerprint density at radius 1 is 1.07 bits per heavy atom. The van der Waals surface area contributed by atoms with Crippen molar-refractivity contribution in [2.24, 2.45) is 0 Å². The fourth-order valence-corrected chi connectivity index (χ4v) is 3.73. The lowest BCUT2D eigenvalue weighted by Crippen LogP contribution is -2.54. The second-order valence-corrected chi connectivity index (χ2v) is 7.54. The maximum Gasteiger partial charge on any atom is 0.317 e. The first-order valence-electron chi connectivity index (χ1n) is 10.4. The van der Waals surface area contributed by atoms with Crippen LogP contribution < -0.4 is 10.6 Å². The molecule has 2 heterocycles. The molecule has 1 saturated heterocycles. The van der Waals surface area contributed by atoms with Crippen LogP contribution in [-0.2, 0) is 9.59 Å². The molecule has 0 unspecified atom stereocenters. The lowest BCUT2D eigenvalue weighted by atomic mass is 9.96. The monoisotopic (exact) mass is 402 g/mol. The number of piperazine rings is 1. The van der Waals surface area contributed by atoms with Crippen LogP contribution in [0, 0.1) is 0 Å². The molecular weight excluding hydrogens is 372 g/mol. The van der Waals surface area contributed by atoms with Crippen molar-refractivity contribution in [3.63, 3.8) is 0 Å². The Morgan fingerprint density at radius 3 is 2.48 bits per heavy atom. The van der Waals surface area contributed by atoms with Crippen LogP contribution in [0.1, 0.15) is 44.3 Å². The van der Waals surface area contributed by atoms with Gasteiger partial charge in [0, 0.05) is 51.3 Å². The highest BCUT2D eigenvalue weighted by Gasteiger charge is 2.25. The third-order valence-electron chi connectivity index (χ3n) is 5.43. The molecule has 0 spiro atoms. The molecule has 2 aliphatic rings. The van der Waals surface area contributed by atoms with E-state index in [4.69, 9.17) is 4.42 Å². The maximum atomic E-state index is 12.4. The molecular formula is C21H30N4O4. The Bertz CT molecular complexity index is 702. The third-order valence-corrected chi connectivity index (χ3v) is 5.43. The summed E-state index contributed by atoms with van der Waals surface area (Å²) in [6, 6.07) is 3.78. The van der Waals surface area contributed by atoms with E-state index in [2.05, 4.69) is 10.6 Å². The molecule has 3 rings (SSSR count). The van der Waals surface area contributed by atoms with Crippen molar-refractivity contribution in [3.05, 3.63) is 30.2 Å². The number of carbonyl (C=O) groups is 3. The van der Waals surface area contributed by atoms with Crippen LogP contribution in [0.15, 0.2) is 28.9 Å². The molecule has 1 aromatic heterocycles. The standard InChI is InChI=1S/C21H30N4O4/c26-19(9-8-18-7-4-16-29-18)22-11-10-20(27)24-12-14-25(15-13-24)21(28)23-17-5-2-1-3-6-17/h4,7-9,16-17H,1-3,5-6,10-15H2,(H,22,26)(H,23,28)/b9-8+. The zero-order chi connectivity index (χ0) is 20.5. The lowest BCUT2D eigenvalue weighted by Gasteiger charge is -2.36. The van der Waals surface area contributed by atoms with E-state index in [9.17, 15) is 14.4 Å². The summed E-state index contributed by atoms with van der Waals surface area (Å²) in [6.07, 6.45) is 10.5. The van der Waals surface area contributed by atoms with Crippen molar-refractivity contribution >= 4 is 23.9 Å². The van der Waals surface area contributed by atoms with Crippen molar-refractivity contribution in [2.75, 3.05) is 32.7 Å². The van der Waals surface area contributed by atoms with Crippen molar-refractivity contribution < 1.29 is 18.8 Å². The minimum atomic E-state index is -0.265. The Hall–Kier alpha value is -2.77. The topological polar surface area (TPSA) is 94.9 Å². The molecule has 1 aromatic rings. The van der Waals surface area contributed by atoms with Gasteiger partial charge in [0.25, 0.3) is 0 Å². The number of furan rings is 1. The van der Waals surface area contributed by atoms with E-state index in [1.54, 1.807) is 28.0 Å². The van der Waals surface area contributed by atoms with Gasteiger partial charge in [0.2, 0.25) is 11.8 Å². The van der Waals surface area contributed by atoms with Gasteiger partial charge in [-0.2, -0.15) is 0 Å². The van der Waals surface area contributed by atoms with Gasteiger partial charge >= 0.3 is 6.03 Å². The van der Waals surface area contributed by atoms with E-state index in [0.717, 1.165) is 12.8 Å². The molecule has 1 aliphatic carbocycles. The number of hydrogen-bond donors (Lipinski definition) is 2. The van der Waals surface area contributed by atoms with Gasteiger partial charge in [0.05, 0.1) is 6.26 Å². The summed E-state index contributed by atoms with van der Waals surface area (Å²) in [4.78, 5) is 40.0. The maximum absolute atomic E-state index is 12.4. The van der Waals surface area contributed by atoms with Gasteiger partial charge in [-0.15, -0.1) is 0 Å². The zero-order valence-corrected chi connectivity index (χ0v) is 16.8. The van der Waals surface area contributed by atoms with Gasteiger partial charge in [-0.3, -0.25) is 9.59 Å². The minimum absolute atomic E-state index is 0.00680. The highest BCUT2D eigenvalue weighted by molar-refractivity contribution is 5.91. The molecule has 0 atom stereocenters. The molecule has 4 amide bonds. The first kappa shape index (κ1) is 21.0. The summed E-state index contributed by atoms with van der Waals surface area (Å²) in [7, 11) is 0. The van der Waals surface area contributed by atoms with Gasteiger partial charge < -0.3 is 24.9 Å². The largest absolute Gasteiger partial charge is 0.465 e. The van der Waals surface area contributed by atoms with E-state index in [0.29, 0.717) is 38.0 Å². The van der Waals surface area contributed by atoms with Crippen LogP contribution in [0.2, 0.25) is 0 Å². The smallest absolute Gasteiger partial charge is 0.317 e. The lowest BCUT2D eigenvalue weighted by molar-refractivity contribution is -0.132. The molecule has 158 valence electrons. The van der Waals surface area contributed by atoms with Gasteiger partial charge in [-0.05, 0) is 31.1 Å². The van der Waals surface area contributed by atoms with Gasteiger partial charge in [-0.25, -0.2) is 4.79 Å². The quantitative estimate of drug-likeness (QED) is 0.712. The van der Waals surface area contributed by atoms with Crippen LogP contribution in [0.5, 0.6) is 0 Å². The summed E-state index contributed by atoms with van der Waals surface area (Å²) < 4.78 is 5.11. The first-order valence-corrected chi connectivity index (χ1v) is 10.4. The molecule has 0 bridgehead atoms. The zero-order valence-electron chi connectivity index (χ0n) is 16.8. The summed E-state index contributed by atoms with van der Waals surface area (Å²) in [6.45, 7) is 2.43. The van der Waals surface area contributed by atoms with Crippen molar-refractivity contribution in [3.8, 4) is 0 Å². The summed E-state index contributed by atoms with van der Waals surface area (Å²) in [5.74, 6) is 0.327. The molecule has 1 aliphatic heterocycles. The van der Waals surface area contributed by atoms with E-state index >= 15 is 0 Å². The minimum Gasteiger partial charge on any atom is -0.465 e. The highest BCUT2D eigenvalue weighted by Crippen LogP contribution is 2.17. The Morgan fingerprint density at radius 2 is 1.79 bits per heavy atom. The number of urea groups is 1.